The van der Waals surface area contributed by atoms with E-state index in [9.17, 15) is 4.79 Å². The molecule has 0 fully saturated rings. The van der Waals surface area contributed by atoms with Gasteiger partial charge in [0, 0.05) is 11.9 Å². The van der Waals surface area contributed by atoms with E-state index in [0.717, 1.165) is 6.42 Å². The number of carbonyl (C=O) groups is 1. The number of amides is 1. The molecule has 2 nitrogen and oxygen atoms in total. The molecule has 1 rings (SSSR count). The number of hydrogen-bond donors (Lipinski definition) is 1. The Morgan fingerprint density at radius 2 is 2.12 bits per heavy atom. The summed E-state index contributed by atoms with van der Waals surface area (Å²) in [7, 11) is 0. The highest BCUT2D eigenvalue weighted by Crippen LogP contribution is 2.31. The molecule has 0 aliphatic rings. The van der Waals surface area contributed by atoms with Crippen LogP contribution in [0.1, 0.15) is 30.6 Å². The molecule has 1 unspecified atom stereocenters. The zero-order valence-electron chi connectivity index (χ0n) is 9.60. The van der Waals surface area contributed by atoms with E-state index >= 15 is 0 Å². The molecule has 17 heavy (non-hydrogen) atoms. The topological polar surface area (TPSA) is 29.1 Å². The second kappa shape index (κ2) is 6.83. The van der Waals surface area contributed by atoms with E-state index in [1.54, 1.807) is 6.07 Å². The number of nitrogens with one attached hydrogen (secondary N) is 1. The predicted molar refractivity (Wildman–Crippen MR) is 75.8 cm³/mol. The van der Waals surface area contributed by atoms with Gasteiger partial charge in [0.25, 0.3) is 5.91 Å². The molecule has 0 aliphatic heterocycles. The Morgan fingerprint density at radius 3 is 2.53 bits per heavy atom. The van der Waals surface area contributed by atoms with E-state index in [4.69, 9.17) is 34.8 Å². The van der Waals surface area contributed by atoms with E-state index in [2.05, 4.69) is 19.2 Å². The second-order valence-corrected chi connectivity index (χ2v) is 6.79. The molecular weight excluding hydrogens is 301 g/mol. The van der Waals surface area contributed by atoms with Crippen molar-refractivity contribution in [2.45, 2.75) is 26.3 Å². The van der Waals surface area contributed by atoms with Crippen molar-refractivity contribution in [2.75, 3.05) is 5.88 Å². The van der Waals surface area contributed by atoms with Gasteiger partial charge in [-0.1, -0.05) is 37.0 Å². The van der Waals surface area contributed by atoms with Crippen LogP contribution in [0.3, 0.4) is 0 Å². The number of hydrogen-bond acceptors (Lipinski definition) is 2. The molecule has 1 N–H and O–H groups in total. The number of alkyl halides is 1. The van der Waals surface area contributed by atoms with Crippen molar-refractivity contribution in [3.05, 3.63) is 20.3 Å². The third kappa shape index (κ3) is 4.66. The van der Waals surface area contributed by atoms with Gasteiger partial charge in [0.2, 0.25) is 0 Å². The standard InChI is InChI=1S/C11H14Cl3NOS/c1-6(2)3-7(5-12)15-11(16)8-4-9(13)17-10(8)14/h4,6-7H,3,5H2,1-2H3,(H,15,16). The van der Waals surface area contributed by atoms with Crippen LogP contribution in [0.4, 0.5) is 0 Å². The largest absolute Gasteiger partial charge is 0.348 e. The number of halogens is 3. The Labute approximate surface area is 120 Å². The first-order valence-corrected chi connectivity index (χ1v) is 7.36. The Kier molecular flexibility index (Phi) is 6.07. The molecule has 6 heteroatoms. The maximum absolute atomic E-state index is 11.9. The van der Waals surface area contributed by atoms with Gasteiger partial charge in [-0.15, -0.1) is 22.9 Å². The summed E-state index contributed by atoms with van der Waals surface area (Å²) >= 11 is 18.7. The maximum Gasteiger partial charge on any atom is 0.253 e. The summed E-state index contributed by atoms with van der Waals surface area (Å²) in [6, 6.07) is 1.53. The molecule has 0 bridgehead atoms. The van der Waals surface area contributed by atoms with Crippen LogP contribution in [0.2, 0.25) is 8.67 Å². The molecule has 1 heterocycles. The van der Waals surface area contributed by atoms with Gasteiger partial charge in [-0.3, -0.25) is 4.79 Å². The van der Waals surface area contributed by atoms with Crippen LogP contribution in [0, 0.1) is 5.92 Å². The average molecular weight is 315 g/mol. The lowest BCUT2D eigenvalue weighted by Crippen LogP contribution is -2.37. The zero-order valence-corrected chi connectivity index (χ0v) is 12.7. The van der Waals surface area contributed by atoms with Crippen molar-refractivity contribution in [1.82, 2.24) is 5.32 Å². The maximum atomic E-state index is 11.9. The highest BCUT2D eigenvalue weighted by molar-refractivity contribution is 7.20. The highest BCUT2D eigenvalue weighted by Gasteiger charge is 2.18. The van der Waals surface area contributed by atoms with E-state index in [1.165, 1.54) is 11.3 Å². The normalized spacial score (nSPS) is 12.8. The van der Waals surface area contributed by atoms with Gasteiger partial charge in [-0.2, -0.15) is 0 Å². The molecule has 0 aliphatic carbocycles. The Bertz CT molecular complexity index is 392. The Morgan fingerprint density at radius 1 is 1.47 bits per heavy atom. The highest BCUT2D eigenvalue weighted by atomic mass is 35.5. The Balaban J connectivity index is 2.67. The lowest BCUT2D eigenvalue weighted by atomic mass is 10.0. The fraction of sp³-hybridized carbons (Fsp3) is 0.545. The molecule has 0 saturated carbocycles. The fourth-order valence-electron chi connectivity index (χ4n) is 1.49. The summed E-state index contributed by atoms with van der Waals surface area (Å²) in [5, 5.41) is 2.86. The molecule has 1 aromatic heterocycles. The summed E-state index contributed by atoms with van der Waals surface area (Å²) in [5.41, 5.74) is 0.417. The van der Waals surface area contributed by atoms with Gasteiger partial charge in [-0.25, -0.2) is 0 Å². The molecule has 0 spiro atoms. The van der Waals surface area contributed by atoms with Gasteiger partial charge < -0.3 is 5.32 Å². The molecule has 1 aromatic rings. The minimum absolute atomic E-state index is 0.0427. The summed E-state index contributed by atoms with van der Waals surface area (Å²) in [6.07, 6.45) is 0.838. The van der Waals surface area contributed by atoms with Gasteiger partial charge in [0.05, 0.1) is 9.90 Å². The molecule has 96 valence electrons. The quantitative estimate of drug-likeness (QED) is 0.800. The summed E-state index contributed by atoms with van der Waals surface area (Å²) < 4.78 is 0.914. The van der Waals surface area contributed by atoms with Crippen molar-refractivity contribution >= 4 is 52.0 Å². The van der Waals surface area contributed by atoms with Gasteiger partial charge >= 0.3 is 0 Å². The van der Waals surface area contributed by atoms with Crippen LogP contribution in [0.15, 0.2) is 6.07 Å². The van der Waals surface area contributed by atoms with Crippen molar-refractivity contribution < 1.29 is 4.79 Å². The number of rotatable bonds is 5. The first-order valence-electron chi connectivity index (χ1n) is 5.25. The van der Waals surface area contributed by atoms with E-state index < -0.39 is 0 Å². The van der Waals surface area contributed by atoms with Crippen LogP contribution < -0.4 is 5.32 Å². The monoisotopic (exact) mass is 313 g/mol. The molecular formula is C11H14Cl3NOS. The van der Waals surface area contributed by atoms with Crippen LogP contribution in [-0.4, -0.2) is 17.8 Å². The average Bonchev–Trinajstić information content (AvgIpc) is 2.56. The van der Waals surface area contributed by atoms with Crippen LogP contribution in [0.5, 0.6) is 0 Å². The minimum Gasteiger partial charge on any atom is -0.348 e. The molecule has 1 amide bonds. The van der Waals surface area contributed by atoms with Crippen LogP contribution in [0.25, 0.3) is 0 Å². The Hall–Kier alpha value is 0.0400. The molecule has 1 atom stereocenters. The fourth-order valence-corrected chi connectivity index (χ4v) is 3.15. The summed E-state index contributed by atoms with van der Waals surface area (Å²) in [4.78, 5) is 11.9. The SMILES string of the molecule is CC(C)CC(CCl)NC(=O)c1cc(Cl)sc1Cl. The molecule has 0 radical (unpaired) electrons. The van der Waals surface area contributed by atoms with Crippen LogP contribution in [-0.2, 0) is 0 Å². The smallest absolute Gasteiger partial charge is 0.253 e. The molecule has 0 saturated heterocycles. The first kappa shape index (κ1) is 15.1. The summed E-state index contributed by atoms with van der Waals surface area (Å²) in [6.45, 7) is 4.17. The number of carbonyl (C=O) groups excluding carboxylic acids is 1. The van der Waals surface area contributed by atoms with Gasteiger partial charge in [-0.05, 0) is 18.4 Å². The van der Waals surface area contributed by atoms with Crippen LogP contribution >= 0.6 is 46.1 Å². The van der Waals surface area contributed by atoms with Crippen molar-refractivity contribution in [3.8, 4) is 0 Å². The third-order valence-corrected chi connectivity index (χ3v) is 4.04. The second-order valence-electron chi connectivity index (χ2n) is 4.19. The third-order valence-electron chi connectivity index (χ3n) is 2.18. The van der Waals surface area contributed by atoms with E-state index in [-0.39, 0.29) is 11.9 Å². The van der Waals surface area contributed by atoms with Gasteiger partial charge in [0.15, 0.2) is 0 Å². The zero-order chi connectivity index (χ0) is 13.0. The number of thiophene rings is 1. The van der Waals surface area contributed by atoms with Crippen molar-refractivity contribution in [2.24, 2.45) is 5.92 Å². The minimum atomic E-state index is -0.218. The lowest BCUT2D eigenvalue weighted by molar-refractivity contribution is 0.0937. The van der Waals surface area contributed by atoms with Crippen molar-refractivity contribution in [1.29, 1.82) is 0 Å². The predicted octanol–water partition coefficient (Wildman–Crippen LogP) is 4.44. The molecule has 0 aromatic carbocycles. The lowest BCUT2D eigenvalue weighted by Gasteiger charge is -2.17. The van der Waals surface area contributed by atoms with Crippen molar-refractivity contribution in [3.63, 3.8) is 0 Å². The summed E-state index contributed by atoms with van der Waals surface area (Å²) in [5.74, 6) is 0.643. The van der Waals surface area contributed by atoms with E-state index in [1.807, 2.05) is 0 Å². The first-order chi connectivity index (χ1) is 7.93. The van der Waals surface area contributed by atoms with E-state index in [0.29, 0.717) is 26.0 Å². The van der Waals surface area contributed by atoms with Gasteiger partial charge in [0.1, 0.15) is 4.34 Å².